The van der Waals surface area contributed by atoms with Crippen LogP contribution in [-0.4, -0.2) is 62.1 Å². The van der Waals surface area contributed by atoms with Gasteiger partial charge >= 0.3 is 0 Å². The summed E-state index contributed by atoms with van der Waals surface area (Å²) >= 11 is 12.6. The van der Waals surface area contributed by atoms with E-state index >= 15 is 0 Å². The van der Waals surface area contributed by atoms with Gasteiger partial charge in [0, 0.05) is 36.8 Å². The highest BCUT2D eigenvalue weighted by atomic mass is 79.9. The van der Waals surface area contributed by atoms with Gasteiger partial charge in [0.25, 0.3) is 11.8 Å². The number of carbonyl (C=O) groups is 2. The Bertz CT molecular complexity index is 1100. The molecule has 4 rings (SSSR count). The molecule has 3 aromatic rings. The van der Waals surface area contributed by atoms with Gasteiger partial charge in [0.15, 0.2) is 10.4 Å². The van der Waals surface area contributed by atoms with Crippen molar-refractivity contribution in [2.45, 2.75) is 13.0 Å². The molecule has 2 amide bonds. The summed E-state index contributed by atoms with van der Waals surface area (Å²) in [5.41, 5.74) is 0.716. The number of nitrogens with zero attached hydrogens (tertiary/aromatic N) is 5. The van der Waals surface area contributed by atoms with Crippen molar-refractivity contribution in [3.63, 3.8) is 0 Å². The molecule has 1 atom stereocenters. The SMILES string of the molecule is CC1CN(C(=O)c2cc(Br)c(Br)o2)CCN1C(=O)c1ncn(-c2cccc(Cl)c2)n1. The van der Waals surface area contributed by atoms with Crippen LogP contribution in [0.25, 0.3) is 5.69 Å². The smallest absolute Gasteiger partial charge is 0.293 e. The highest BCUT2D eigenvalue weighted by Gasteiger charge is 2.33. The van der Waals surface area contributed by atoms with E-state index in [1.165, 1.54) is 11.0 Å². The van der Waals surface area contributed by atoms with Gasteiger partial charge in [-0.3, -0.25) is 9.59 Å². The second-order valence-corrected chi connectivity index (χ2v) is 8.83. The van der Waals surface area contributed by atoms with Crippen molar-refractivity contribution in [1.82, 2.24) is 24.6 Å². The lowest BCUT2D eigenvalue weighted by atomic mass is 10.1. The first-order chi connectivity index (χ1) is 14.3. The molecule has 0 radical (unpaired) electrons. The molecular formula is C19H16Br2ClN5O3. The van der Waals surface area contributed by atoms with Crippen LogP contribution in [-0.2, 0) is 0 Å². The fraction of sp³-hybridized carbons (Fsp3) is 0.263. The zero-order chi connectivity index (χ0) is 21.4. The summed E-state index contributed by atoms with van der Waals surface area (Å²) in [6.07, 6.45) is 1.48. The number of carbonyl (C=O) groups excluding carboxylic acids is 2. The summed E-state index contributed by atoms with van der Waals surface area (Å²) in [5.74, 6) is -0.161. The normalized spacial score (nSPS) is 16.7. The molecular weight excluding hydrogens is 542 g/mol. The predicted molar refractivity (Wildman–Crippen MR) is 117 cm³/mol. The molecule has 0 aliphatic carbocycles. The van der Waals surface area contributed by atoms with E-state index in [1.807, 2.05) is 13.0 Å². The number of aromatic nitrogens is 3. The van der Waals surface area contributed by atoms with E-state index in [9.17, 15) is 9.59 Å². The third-order valence-electron chi connectivity index (χ3n) is 4.79. The van der Waals surface area contributed by atoms with E-state index in [4.69, 9.17) is 16.0 Å². The summed E-state index contributed by atoms with van der Waals surface area (Å²) in [7, 11) is 0. The van der Waals surface area contributed by atoms with Crippen LogP contribution in [0.1, 0.15) is 28.1 Å². The molecule has 1 unspecified atom stereocenters. The summed E-state index contributed by atoms with van der Waals surface area (Å²) in [4.78, 5) is 33.1. The van der Waals surface area contributed by atoms with Crippen LogP contribution in [0.3, 0.4) is 0 Å². The van der Waals surface area contributed by atoms with Crippen LogP contribution in [0.15, 0.2) is 50.2 Å². The van der Waals surface area contributed by atoms with E-state index in [1.54, 1.807) is 34.1 Å². The van der Waals surface area contributed by atoms with Gasteiger partial charge in [0.05, 0.1) is 10.2 Å². The number of amides is 2. The Morgan fingerprint density at radius 2 is 2.00 bits per heavy atom. The zero-order valence-electron chi connectivity index (χ0n) is 15.8. The van der Waals surface area contributed by atoms with Crippen LogP contribution in [0.5, 0.6) is 0 Å². The van der Waals surface area contributed by atoms with Gasteiger partial charge in [0.2, 0.25) is 5.82 Å². The fourth-order valence-electron chi connectivity index (χ4n) is 3.28. The lowest BCUT2D eigenvalue weighted by Crippen LogP contribution is -2.55. The first-order valence-electron chi connectivity index (χ1n) is 9.06. The van der Waals surface area contributed by atoms with E-state index in [-0.39, 0.29) is 29.4 Å². The summed E-state index contributed by atoms with van der Waals surface area (Å²) in [6.45, 7) is 3.04. The summed E-state index contributed by atoms with van der Waals surface area (Å²) in [6, 6.07) is 8.55. The topological polar surface area (TPSA) is 84.5 Å². The second kappa shape index (κ2) is 8.52. The lowest BCUT2D eigenvalue weighted by Gasteiger charge is -2.39. The first kappa shape index (κ1) is 21.1. The van der Waals surface area contributed by atoms with Gasteiger partial charge in [-0.25, -0.2) is 9.67 Å². The van der Waals surface area contributed by atoms with Gasteiger partial charge in [-0.15, -0.1) is 5.10 Å². The molecule has 8 nitrogen and oxygen atoms in total. The minimum Gasteiger partial charge on any atom is -0.443 e. The molecule has 1 aliphatic heterocycles. The monoisotopic (exact) mass is 555 g/mol. The largest absolute Gasteiger partial charge is 0.443 e. The van der Waals surface area contributed by atoms with Crippen molar-refractivity contribution < 1.29 is 14.0 Å². The maximum atomic E-state index is 12.9. The molecule has 0 saturated carbocycles. The highest BCUT2D eigenvalue weighted by molar-refractivity contribution is 9.13. The van der Waals surface area contributed by atoms with Gasteiger partial charge in [-0.2, -0.15) is 0 Å². The van der Waals surface area contributed by atoms with Crippen molar-refractivity contribution in [3.05, 3.63) is 62.4 Å². The van der Waals surface area contributed by atoms with Crippen molar-refractivity contribution >= 4 is 55.3 Å². The Labute approximate surface area is 194 Å². The van der Waals surface area contributed by atoms with E-state index in [0.29, 0.717) is 39.5 Å². The van der Waals surface area contributed by atoms with Crippen molar-refractivity contribution in [2.75, 3.05) is 19.6 Å². The molecule has 0 spiro atoms. The number of piperazine rings is 1. The van der Waals surface area contributed by atoms with Crippen molar-refractivity contribution in [2.24, 2.45) is 0 Å². The number of halogens is 3. The molecule has 11 heteroatoms. The molecule has 156 valence electrons. The lowest BCUT2D eigenvalue weighted by molar-refractivity contribution is 0.0392. The zero-order valence-corrected chi connectivity index (χ0v) is 19.7. The van der Waals surface area contributed by atoms with Crippen LogP contribution in [0.4, 0.5) is 0 Å². The number of hydrogen-bond donors (Lipinski definition) is 0. The van der Waals surface area contributed by atoms with Crippen molar-refractivity contribution in [3.8, 4) is 5.69 Å². The number of rotatable bonds is 3. The van der Waals surface area contributed by atoms with Crippen LogP contribution >= 0.6 is 43.5 Å². The van der Waals surface area contributed by atoms with Crippen LogP contribution < -0.4 is 0 Å². The summed E-state index contributed by atoms with van der Waals surface area (Å²) < 4.78 is 8.08. The first-order valence-corrected chi connectivity index (χ1v) is 11.0. The van der Waals surface area contributed by atoms with Gasteiger partial charge in [-0.1, -0.05) is 17.7 Å². The maximum absolute atomic E-state index is 12.9. The molecule has 0 N–H and O–H groups in total. The minimum absolute atomic E-state index is 0.0977. The minimum atomic E-state index is -0.279. The molecule has 30 heavy (non-hydrogen) atoms. The van der Waals surface area contributed by atoms with Crippen LogP contribution in [0, 0.1) is 0 Å². The number of furan rings is 1. The highest BCUT2D eigenvalue weighted by Crippen LogP contribution is 2.28. The molecule has 3 heterocycles. The van der Waals surface area contributed by atoms with Crippen molar-refractivity contribution in [1.29, 1.82) is 0 Å². The van der Waals surface area contributed by atoms with E-state index < -0.39 is 0 Å². The third-order valence-corrected chi connectivity index (χ3v) is 6.73. The van der Waals surface area contributed by atoms with Gasteiger partial charge < -0.3 is 14.2 Å². The van der Waals surface area contributed by atoms with E-state index in [0.717, 1.165) is 0 Å². The second-order valence-electron chi connectivity index (χ2n) is 6.82. The number of benzene rings is 1. The molecule has 0 bridgehead atoms. The maximum Gasteiger partial charge on any atom is 0.293 e. The Kier molecular flexibility index (Phi) is 5.99. The summed E-state index contributed by atoms with van der Waals surface area (Å²) in [5, 5.41) is 4.87. The van der Waals surface area contributed by atoms with Gasteiger partial charge in [-0.05, 0) is 57.0 Å². The molecule has 1 aromatic carbocycles. The average molecular weight is 558 g/mol. The predicted octanol–water partition coefficient (Wildman–Crippen LogP) is 4.03. The molecule has 1 aliphatic rings. The standard InChI is InChI=1S/C19H16Br2ClN5O3/c1-11-9-25(18(28)15-8-14(20)16(21)30-15)5-6-26(11)19(29)17-23-10-27(24-17)13-4-2-3-12(22)7-13/h2-4,7-8,10-11H,5-6,9H2,1H3. The third kappa shape index (κ3) is 4.17. The average Bonchev–Trinajstić information content (AvgIpc) is 3.34. The van der Waals surface area contributed by atoms with E-state index in [2.05, 4.69) is 41.9 Å². The van der Waals surface area contributed by atoms with Crippen LogP contribution in [0.2, 0.25) is 5.02 Å². The molecule has 2 aromatic heterocycles. The quantitative estimate of drug-likeness (QED) is 0.486. The molecule has 1 saturated heterocycles. The molecule has 1 fully saturated rings. The Morgan fingerprint density at radius 1 is 1.20 bits per heavy atom. The Morgan fingerprint density at radius 3 is 2.67 bits per heavy atom. The Balaban J connectivity index is 1.45. The Hall–Kier alpha value is -2.17. The fourth-order valence-corrected chi connectivity index (χ4v) is 4.05. The number of hydrogen-bond acceptors (Lipinski definition) is 5. The van der Waals surface area contributed by atoms with Gasteiger partial charge in [0.1, 0.15) is 6.33 Å².